The minimum atomic E-state index is -0.533. The second-order valence-electron chi connectivity index (χ2n) is 9.02. The lowest BCUT2D eigenvalue weighted by molar-refractivity contribution is -0.127. The van der Waals surface area contributed by atoms with E-state index in [0.29, 0.717) is 6.54 Å². The number of carbonyl (C=O) groups is 2. The van der Waals surface area contributed by atoms with Gasteiger partial charge >= 0.3 is 6.03 Å². The van der Waals surface area contributed by atoms with Gasteiger partial charge in [-0.2, -0.15) is 0 Å². The third-order valence-electron chi connectivity index (χ3n) is 6.62. The van der Waals surface area contributed by atoms with Crippen LogP contribution in [0.15, 0.2) is 46.7 Å². The molecule has 1 N–H and O–H groups in total. The highest BCUT2D eigenvalue weighted by molar-refractivity contribution is 7.99. The number of benzene rings is 1. The number of nitrogens with zero attached hydrogens (tertiary/aromatic N) is 7. The van der Waals surface area contributed by atoms with Gasteiger partial charge in [-0.3, -0.25) is 10.1 Å². The van der Waals surface area contributed by atoms with E-state index in [0.717, 1.165) is 65.9 Å². The molecule has 2 fully saturated rings. The highest BCUT2D eigenvalue weighted by atomic mass is 35.5. The van der Waals surface area contributed by atoms with Gasteiger partial charge < -0.3 is 19.6 Å². The predicted molar refractivity (Wildman–Crippen MR) is 140 cm³/mol. The maximum atomic E-state index is 12.9. The van der Waals surface area contributed by atoms with E-state index in [1.54, 1.807) is 25.0 Å². The number of carbonyl (C=O) groups excluding carboxylic acids is 2. The number of amides is 3. The molecule has 0 bridgehead atoms. The van der Waals surface area contributed by atoms with Crippen LogP contribution in [0.3, 0.4) is 0 Å². The van der Waals surface area contributed by atoms with E-state index in [2.05, 4.69) is 36.1 Å². The molecule has 0 radical (unpaired) electrons. The summed E-state index contributed by atoms with van der Waals surface area (Å²) in [6.07, 6.45) is 2.06. The van der Waals surface area contributed by atoms with Gasteiger partial charge in [0, 0.05) is 68.1 Å². The molecule has 10 nitrogen and oxygen atoms in total. The average molecular weight is 529 g/mol. The zero-order chi connectivity index (χ0) is 25.2. The Morgan fingerprint density at radius 1 is 1.14 bits per heavy atom. The Bertz CT molecular complexity index is 1170. The van der Waals surface area contributed by atoms with Crippen molar-refractivity contribution >= 4 is 46.9 Å². The van der Waals surface area contributed by atoms with E-state index < -0.39 is 18.2 Å². The van der Waals surface area contributed by atoms with Crippen molar-refractivity contribution in [1.82, 2.24) is 30.0 Å². The molecule has 0 spiro atoms. The van der Waals surface area contributed by atoms with Crippen molar-refractivity contribution in [2.75, 3.05) is 50.4 Å². The monoisotopic (exact) mass is 528 g/mol. The number of halogens is 1. The number of rotatable bonds is 6. The number of fused-ring (bicyclic) bond motifs is 1. The molecule has 2 saturated heterocycles. The van der Waals surface area contributed by atoms with Gasteiger partial charge in [0.15, 0.2) is 23.3 Å². The van der Waals surface area contributed by atoms with E-state index in [1.807, 2.05) is 31.2 Å². The molecule has 4 heterocycles. The molecule has 2 unspecified atom stereocenters. The number of hydrogen-bond acceptors (Lipinski definition) is 9. The molecule has 1 aromatic heterocycles. The van der Waals surface area contributed by atoms with E-state index in [-0.39, 0.29) is 5.91 Å². The van der Waals surface area contributed by atoms with Gasteiger partial charge in [0.1, 0.15) is 0 Å². The van der Waals surface area contributed by atoms with Crippen LogP contribution in [0, 0.1) is 6.92 Å². The van der Waals surface area contributed by atoms with Crippen molar-refractivity contribution in [2.45, 2.75) is 30.7 Å². The van der Waals surface area contributed by atoms with Crippen molar-refractivity contribution in [2.24, 2.45) is 4.99 Å². The van der Waals surface area contributed by atoms with Crippen LogP contribution >= 0.6 is 23.4 Å². The Balaban J connectivity index is 1.28. The van der Waals surface area contributed by atoms with E-state index in [4.69, 9.17) is 16.6 Å². The van der Waals surface area contributed by atoms with Crippen molar-refractivity contribution in [3.63, 3.8) is 0 Å². The molecular weight excluding hydrogens is 500 g/mol. The molecule has 2 atom stereocenters. The lowest BCUT2D eigenvalue weighted by Gasteiger charge is -2.41. The van der Waals surface area contributed by atoms with E-state index in [1.165, 1.54) is 4.90 Å². The number of aliphatic imine (C=N–C) groups is 1. The molecule has 12 heteroatoms. The van der Waals surface area contributed by atoms with E-state index >= 15 is 0 Å². The van der Waals surface area contributed by atoms with Gasteiger partial charge in [-0.25, -0.2) is 19.8 Å². The lowest BCUT2D eigenvalue weighted by atomic mass is 10.1. The Hall–Kier alpha value is -3.05. The molecule has 5 rings (SSSR count). The SMILES string of the molecule is Cc1ccnc(SCCCN2C(N3CCN(c4cccc(Cl)c4)CC3)=NC3C2C(=O)NC(=O)N3C)n1. The highest BCUT2D eigenvalue weighted by Gasteiger charge is 2.49. The van der Waals surface area contributed by atoms with Crippen LogP contribution < -0.4 is 10.2 Å². The highest BCUT2D eigenvalue weighted by Crippen LogP contribution is 2.28. The average Bonchev–Trinajstić information content (AvgIpc) is 3.26. The fourth-order valence-corrected chi connectivity index (χ4v) is 5.73. The number of hydrogen-bond donors (Lipinski definition) is 1. The summed E-state index contributed by atoms with van der Waals surface area (Å²) in [4.78, 5) is 46.9. The summed E-state index contributed by atoms with van der Waals surface area (Å²) >= 11 is 7.79. The summed E-state index contributed by atoms with van der Waals surface area (Å²) in [5, 5.41) is 3.95. The van der Waals surface area contributed by atoms with Crippen molar-refractivity contribution < 1.29 is 9.59 Å². The third kappa shape index (κ3) is 5.08. The maximum absolute atomic E-state index is 12.9. The quantitative estimate of drug-likeness (QED) is 0.346. The largest absolute Gasteiger partial charge is 0.368 e. The molecule has 2 aromatic rings. The number of aromatic nitrogens is 2. The number of aryl methyl sites for hydroxylation is 1. The first-order valence-electron chi connectivity index (χ1n) is 12.0. The standard InChI is InChI=1S/C24H29ClN8O2S/c1-16-7-8-26-22(27-16)36-14-4-9-33-19-20(30(2)24(35)29-21(19)34)28-23(33)32-12-10-31(11-13-32)18-6-3-5-17(25)15-18/h3,5-8,15,19-20H,4,9-14H2,1-2H3,(H,29,34,35). The molecule has 0 aliphatic carbocycles. The first-order valence-corrected chi connectivity index (χ1v) is 13.4. The molecule has 190 valence electrons. The first-order chi connectivity index (χ1) is 17.4. The minimum absolute atomic E-state index is 0.297. The second kappa shape index (κ2) is 10.5. The van der Waals surface area contributed by atoms with Crippen LogP contribution in [0.1, 0.15) is 12.1 Å². The molecule has 36 heavy (non-hydrogen) atoms. The summed E-state index contributed by atoms with van der Waals surface area (Å²) in [6.45, 7) is 5.72. The number of imide groups is 1. The smallest absolute Gasteiger partial charge is 0.325 e. The summed E-state index contributed by atoms with van der Waals surface area (Å²) in [6, 6.07) is 8.81. The zero-order valence-electron chi connectivity index (χ0n) is 20.3. The van der Waals surface area contributed by atoms with Crippen molar-refractivity contribution in [3.05, 3.63) is 47.2 Å². The van der Waals surface area contributed by atoms with Crippen LogP contribution in [0.5, 0.6) is 0 Å². The van der Waals surface area contributed by atoms with Gasteiger partial charge in [-0.15, -0.1) is 0 Å². The van der Waals surface area contributed by atoms with Crippen LogP contribution in [0.2, 0.25) is 5.02 Å². The number of nitrogens with one attached hydrogen (secondary N) is 1. The van der Waals surface area contributed by atoms with Gasteiger partial charge in [-0.05, 0) is 37.6 Å². The predicted octanol–water partition coefficient (Wildman–Crippen LogP) is 2.29. The van der Waals surface area contributed by atoms with Crippen LogP contribution in [0.4, 0.5) is 10.5 Å². The van der Waals surface area contributed by atoms with E-state index in [9.17, 15) is 9.59 Å². The van der Waals surface area contributed by atoms with Crippen LogP contribution in [-0.4, -0.2) is 100 Å². The Kier molecular flexibility index (Phi) is 7.20. The molecule has 3 amide bonds. The van der Waals surface area contributed by atoms with Gasteiger partial charge in [0.25, 0.3) is 5.91 Å². The van der Waals surface area contributed by atoms with Gasteiger partial charge in [0.05, 0.1) is 0 Å². The third-order valence-corrected chi connectivity index (χ3v) is 7.80. The number of anilines is 1. The van der Waals surface area contributed by atoms with Crippen LogP contribution in [-0.2, 0) is 4.79 Å². The number of piperazine rings is 1. The summed E-state index contributed by atoms with van der Waals surface area (Å²) in [5.41, 5.74) is 2.04. The fraction of sp³-hybridized carbons (Fsp3) is 0.458. The molecule has 3 aliphatic heterocycles. The number of guanidine groups is 1. The normalized spacial score (nSPS) is 22.0. The Morgan fingerprint density at radius 2 is 1.92 bits per heavy atom. The minimum Gasteiger partial charge on any atom is -0.368 e. The maximum Gasteiger partial charge on any atom is 0.325 e. The number of urea groups is 1. The molecular formula is C24H29ClN8O2S. The van der Waals surface area contributed by atoms with Crippen molar-refractivity contribution in [3.8, 4) is 0 Å². The van der Waals surface area contributed by atoms with Crippen molar-refractivity contribution in [1.29, 1.82) is 0 Å². The summed E-state index contributed by atoms with van der Waals surface area (Å²) < 4.78 is 0. The molecule has 0 saturated carbocycles. The molecule has 1 aromatic carbocycles. The topological polar surface area (TPSA) is 97.3 Å². The Labute approximate surface area is 219 Å². The van der Waals surface area contributed by atoms with Crippen LogP contribution in [0.25, 0.3) is 0 Å². The van der Waals surface area contributed by atoms with Gasteiger partial charge in [0.2, 0.25) is 0 Å². The Morgan fingerprint density at radius 3 is 2.67 bits per heavy atom. The molecule has 3 aliphatic rings. The summed E-state index contributed by atoms with van der Waals surface area (Å²) in [5.74, 6) is 1.29. The summed E-state index contributed by atoms with van der Waals surface area (Å²) in [7, 11) is 1.69. The van der Waals surface area contributed by atoms with Gasteiger partial charge in [-0.1, -0.05) is 29.4 Å². The lowest BCUT2D eigenvalue weighted by Crippen LogP contribution is -2.64. The fourth-order valence-electron chi connectivity index (χ4n) is 4.75. The number of thioether (sulfide) groups is 1. The zero-order valence-corrected chi connectivity index (χ0v) is 21.9. The second-order valence-corrected chi connectivity index (χ2v) is 10.5. The number of likely N-dealkylation sites (N-methyl/N-ethyl adjacent to an activating group) is 1. The first kappa shape index (κ1) is 24.6.